The highest BCUT2D eigenvalue weighted by atomic mass is 16.1. The van der Waals surface area contributed by atoms with Crippen LogP contribution in [0.25, 0.3) is 0 Å². The van der Waals surface area contributed by atoms with Gasteiger partial charge in [-0.05, 0) is 43.9 Å². The van der Waals surface area contributed by atoms with E-state index in [9.17, 15) is 4.79 Å². The molecule has 0 aromatic heterocycles. The van der Waals surface area contributed by atoms with Gasteiger partial charge in [0.05, 0.1) is 5.56 Å². The zero-order valence-corrected chi connectivity index (χ0v) is 11.0. The molecule has 1 aliphatic heterocycles. The van der Waals surface area contributed by atoms with Crippen molar-refractivity contribution < 1.29 is 4.79 Å². The molecule has 0 aliphatic carbocycles. The van der Waals surface area contributed by atoms with E-state index in [0.29, 0.717) is 23.2 Å². The number of carbonyl (C=O) groups excluding carboxylic acids is 1. The van der Waals surface area contributed by atoms with E-state index in [1.165, 1.54) is 12.8 Å². The Bertz CT molecular complexity index is 458. The molecule has 2 unspecified atom stereocenters. The number of primary amides is 1. The molecule has 1 fully saturated rings. The van der Waals surface area contributed by atoms with Crippen LogP contribution in [0.5, 0.6) is 0 Å². The van der Waals surface area contributed by atoms with Crippen molar-refractivity contribution in [1.29, 1.82) is 0 Å². The number of piperidine rings is 1. The van der Waals surface area contributed by atoms with Crippen LogP contribution in [0.1, 0.15) is 37.0 Å². The molecule has 4 N–H and O–H groups in total. The van der Waals surface area contributed by atoms with Crippen molar-refractivity contribution in [2.45, 2.75) is 32.7 Å². The fourth-order valence-electron chi connectivity index (χ4n) is 2.64. The van der Waals surface area contributed by atoms with E-state index < -0.39 is 5.91 Å². The summed E-state index contributed by atoms with van der Waals surface area (Å²) in [5.41, 5.74) is 13.0. The van der Waals surface area contributed by atoms with Gasteiger partial charge in [-0.15, -0.1) is 0 Å². The van der Waals surface area contributed by atoms with E-state index in [0.717, 1.165) is 12.2 Å². The summed E-state index contributed by atoms with van der Waals surface area (Å²) in [4.78, 5) is 13.7. The lowest BCUT2D eigenvalue weighted by atomic mass is 9.91. The van der Waals surface area contributed by atoms with Gasteiger partial charge in [-0.1, -0.05) is 6.92 Å². The highest BCUT2D eigenvalue weighted by Crippen LogP contribution is 2.30. The average Bonchev–Trinajstić information content (AvgIpc) is 2.33. The van der Waals surface area contributed by atoms with Crippen LogP contribution in [0.4, 0.5) is 11.4 Å². The fourth-order valence-corrected chi connectivity index (χ4v) is 2.64. The molecule has 0 saturated carbocycles. The summed E-state index contributed by atoms with van der Waals surface area (Å²) in [6.07, 6.45) is 2.44. The molecule has 4 heteroatoms. The number of hydrogen-bond acceptors (Lipinski definition) is 3. The second-order valence-electron chi connectivity index (χ2n) is 5.19. The van der Waals surface area contributed by atoms with Crippen molar-refractivity contribution in [1.82, 2.24) is 0 Å². The van der Waals surface area contributed by atoms with Gasteiger partial charge >= 0.3 is 0 Å². The lowest BCUT2D eigenvalue weighted by Gasteiger charge is -2.39. The first-order valence-electron chi connectivity index (χ1n) is 6.46. The van der Waals surface area contributed by atoms with Gasteiger partial charge in [0.1, 0.15) is 0 Å². The van der Waals surface area contributed by atoms with Gasteiger partial charge in [0, 0.05) is 24.0 Å². The molecule has 4 nitrogen and oxygen atoms in total. The second kappa shape index (κ2) is 4.88. The zero-order chi connectivity index (χ0) is 13.3. The van der Waals surface area contributed by atoms with Crippen LogP contribution in [-0.4, -0.2) is 18.5 Å². The number of amides is 1. The molecule has 98 valence electrons. The number of hydrogen-bond donors (Lipinski definition) is 2. The lowest BCUT2D eigenvalue weighted by Crippen LogP contribution is -2.42. The highest BCUT2D eigenvalue weighted by molar-refractivity contribution is 5.99. The minimum Gasteiger partial charge on any atom is -0.398 e. The maximum absolute atomic E-state index is 11.3. The van der Waals surface area contributed by atoms with Crippen molar-refractivity contribution in [3.63, 3.8) is 0 Å². The molecule has 0 bridgehead atoms. The standard InChI is InChI=1S/C14H21N3O/c1-9-4-3-7-17(10(9)2)11-5-6-13(15)12(8-11)14(16)18/h5-6,8-10H,3-4,7,15H2,1-2H3,(H2,16,18). The van der Waals surface area contributed by atoms with Crippen molar-refractivity contribution in [3.05, 3.63) is 23.8 Å². The van der Waals surface area contributed by atoms with Crippen LogP contribution in [0.15, 0.2) is 18.2 Å². The number of anilines is 2. The van der Waals surface area contributed by atoms with Gasteiger partial charge in [-0.2, -0.15) is 0 Å². The number of nitrogen functional groups attached to an aromatic ring is 1. The third-order valence-corrected chi connectivity index (χ3v) is 4.01. The van der Waals surface area contributed by atoms with Gasteiger partial charge < -0.3 is 16.4 Å². The minimum absolute atomic E-state index is 0.415. The quantitative estimate of drug-likeness (QED) is 0.785. The minimum atomic E-state index is -0.466. The first-order chi connectivity index (χ1) is 8.50. The molecule has 0 radical (unpaired) electrons. The molecule has 1 saturated heterocycles. The summed E-state index contributed by atoms with van der Waals surface area (Å²) in [6.45, 7) is 5.51. The normalized spacial score (nSPS) is 24.0. The van der Waals surface area contributed by atoms with Gasteiger partial charge in [0.2, 0.25) is 0 Å². The fraction of sp³-hybridized carbons (Fsp3) is 0.500. The van der Waals surface area contributed by atoms with E-state index in [-0.39, 0.29) is 0 Å². The Labute approximate surface area is 108 Å². The summed E-state index contributed by atoms with van der Waals surface area (Å²) in [5.74, 6) is 0.195. The Kier molecular flexibility index (Phi) is 3.45. The topological polar surface area (TPSA) is 72.3 Å². The summed E-state index contributed by atoms with van der Waals surface area (Å²) in [5, 5.41) is 0. The average molecular weight is 247 g/mol. The number of carbonyl (C=O) groups is 1. The number of nitrogens with zero attached hydrogens (tertiary/aromatic N) is 1. The molecule has 1 aromatic rings. The van der Waals surface area contributed by atoms with E-state index in [1.807, 2.05) is 12.1 Å². The van der Waals surface area contributed by atoms with Crippen LogP contribution < -0.4 is 16.4 Å². The SMILES string of the molecule is CC1CCCN(c2ccc(N)c(C(N)=O)c2)C1C. The van der Waals surface area contributed by atoms with Crippen LogP contribution in [0.2, 0.25) is 0 Å². The third kappa shape index (κ3) is 2.28. The highest BCUT2D eigenvalue weighted by Gasteiger charge is 2.25. The largest absolute Gasteiger partial charge is 0.398 e. The maximum atomic E-state index is 11.3. The van der Waals surface area contributed by atoms with Gasteiger partial charge in [0.25, 0.3) is 5.91 Å². The Balaban J connectivity index is 2.33. The molecule has 1 heterocycles. The number of rotatable bonds is 2. The first kappa shape index (κ1) is 12.7. The first-order valence-corrected chi connectivity index (χ1v) is 6.46. The van der Waals surface area contributed by atoms with Crippen molar-refractivity contribution >= 4 is 17.3 Å². The summed E-state index contributed by atoms with van der Waals surface area (Å²) in [6, 6.07) is 6.02. The predicted molar refractivity (Wildman–Crippen MR) is 74.6 cm³/mol. The maximum Gasteiger partial charge on any atom is 0.250 e. The Morgan fingerprint density at radius 1 is 1.39 bits per heavy atom. The number of benzene rings is 1. The van der Waals surface area contributed by atoms with Crippen LogP contribution in [-0.2, 0) is 0 Å². The zero-order valence-electron chi connectivity index (χ0n) is 11.0. The van der Waals surface area contributed by atoms with Gasteiger partial charge in [0.15, 0.2) is 0 Å². The Morgan fingerprint density at radius 3 is 2.78 bits per heavy atom. The van der Waals surface area contributed by atoms with Crippen molar-refractivity contribution in [2.75, 3.05) is 17.2 Å². The third-order valence-electron chi connectivity index (χ3n) is 4.01. The Hall–Kier alpha value is -1.71. The van der Waals surface area contributed by atoms with Crippen LogP contribution >= 0.6 is 0 Å². The van der Waals surface area contributed by atoms with Crippen LogP contribution in [0.3, 0.4) is 0 Å². The molecule has 18 heavy (non-hydrogen) atoms. The second-order valence-corrected chi connectivity index (χ2v) is 5.19. The number of nitrogens with two attached hydrogens (primary N) is 2. The molecule has 2 atom stereocenters. The van der Waals surface area contributed by atoms with Crippen molar-refractivity contribution in [3.8, 4) is 0 Å². The smallest absolute Gasteiger partial charge is 0.250 e. The summed E-state index contributed by atoms with van der Waals surface area (Å²) >= 11 is 0. The van der Waals surface area contributed by atoms with E-state index in [1.54, 1.807) is 6.07 Å². The van der Waals surface area contributed by atoms with Gasteiger partial charge in [-0.25, -0.2) is 0 Å². The molecule has 1 aromatic carbocycles. The molecule has 1 amide bonds. The van der Waals surface area contributed by atoms with Crippen LogP contribution in [0, 0.1) is 5.92 Å². The molecule has 2 rings (SSSR count). The summed E-state index contributed by atoms with van der Waals surface area (Å²) < 4.78 is 0. The summed E-state index contributed by atoms with van der Waals surface area (Å²) in [7, 11) is 0. The molecular weight excluding hydrogens is 226 g/mol. The van der Waals surface area contributed by atoms with E-state index >= 15 is 0 Å². The van der Waals surface area contributed by atoms with Crippen molar-refractivity contribution in [2.24, 2.45) is 11.7 Å². The Morgan fingerprint density at radius 2 is 2.11 bits per heavy atom. The molecule has 1 aliphatic rings. The molecular formula is C14H21N3O. The van der Waals surface area contributed by atoms with E-state index in [4.69, 9.17) is 11.5 Å². The lowest BCUT2D eigenvalue weighted by molar-refractivity contribution is 0.100. The van der Waals surface area contributed by atoms with Gasteiger partial charge in [-0.3, -0.25) is 4.79 Å². The molecule has 0 spiro atoms. The monoisotopic (exact) mass is 247 g/mol. The predicted octanol–water partition coefficient (Wildman–Crippen LogP) is 1.99. The van der Waals surface area contributed by atoms with E-state index in [2.05, 4.69) is 18.7 Å².